The van der Waals surface area contributed by atoms with E-state index in [4.69, 9.17) is 4.74 Å². The predicted molar refractivity (Wildman–Crippen MR) is 132 cm³/mol. The Hall–Kier alpha value is -4.18. The number of rotatable bonds is 7. The lowest BCUT2D eigenvalue weighted by molar-refractivity contribution is 0.100. The first kappa shape index (κ1) is 24.0. The third-order valence-electron chi connectivity index (χ3n) is 5.49. The highest BCUT2D eigenvalue weighted by Gasteiger charge is 2.37. The molecule has 0 atom stereocenters. The molecule has 10 heteroatoms. The molecule has 0 spiro atoms. The van der Waals surface area contributed by atoms with Crippen molar-refractivity contribution < 1.29 is 17.9 Å². The standard InChI is InChI=1S/C25H24N4O5S/c1-4-34-21-12-14-22(15-13-21)35(32,33)29(24(30)19-9-8-16-26-17-19)23-18(2)27(3)28(25(23)31)20-10-6-5-7-11-20/h5-17H,4H2,1-3H3. The van der Waals surface area contributed by atoms with Crippen molar-refractivity contribution in [1.82, 2.24) is 14.3 Å². The number of nitrogens with zero attached hydrogens (tertiary/aromatic N) is 4. The number of sulfonamides is 1. The Bertz CT molecular complexity index is 1510. The zero-order valence-electron chi connectivity index (χ0n) is 19.5. The van der Waals surface area contributed by atoms with E-state index in [1.165, 1.54) is 58.2 Å². The van der Waals surface area contributed by atoms with Crippen LogP contribution in [-0.4, -0.2) is 35.3 Å². The molecule has 0 unspecified atom stereocenters. The number of hydrogen-bond acceptors (Lipinski definition) is 6. The fourth-order valence-corrected chi connectivity index (χ4v) is 5.17. The highest BCUT2D eigenvalue weighted by molar-refractivity contribution is 7.93. The number of carbonyl (C=O) groups is 1. The fourth-order valence-electron chi connectivity index (χ4n) is 3.71. The molecule has 2 aromatic heterocycles. The van der Waals surface area contributed by atoms with Crippen LogP contribution in [-0.2, 0) is 17.1 Å². The highest BCUT2D eigenvalue weighted by Crippen LogP contribution is 2.28. The maximum Gasteiger partial charge on any atom is 0.296 e. The second kappa shape index (κ2) is 9.59. The van der Waals surface area contributed by atoms with Crippen molar-refractivity contribution >= 4 is 21.6 Å². The number of hydrogen-bond donors (Lipinski definition) is 0. The summed E-state index contributed by atoms with van der Waals surface area (Å²) >= 11 is 0. The molecule has 0 aliphatic heterocycles. The smallest absolute Gasteiger partial charge is 0.296 e. The van der Waals surface area contributed by atoms with Crippen LogP contribution < -0.4 is 14.6 Å². The van der Waals surface area contributed by atoms with Gasteiger partial charge in [0.1, 0.15) is 11.4 Å². The number of amides is 1. The lowest BCUT2D eigenvalue weighted by atomic mass is 10.2. The second-order valence-electron chi connectivity index (χ2n) is 7.63. The van der Waals surface area contributed by atoms with Crippen molar-refractivity contribution in [2.24, 2.45) is 7.05 Å². The van der Waals surface area contributed by atoms with E-state index in [0.29, 0.717) is 28.0 Å². The first-order chi connectivity index (χ1) is 16.8. The minimum Gasteiger partial charge on any atom is -0.494 e. The van der Waals surface area contributed by atoms with Gasteiger partial charge in [-0.1, -0.05) is 18.2 Å². The van der Waals surface area contributed by atoms with Gasteiger partial charge in [-0.15, -0.1) is 0 Å². The van der Waals surface area contributed by atoms with Gasteiger partial charge in [0.25, 0.3) is 21.5 Å². The molecule has 9 nitrogen and oxygen atoms in total. The topological polar surface area (TPSA) is 104 Å². The monoisotopic (exact) mass is 492 g/mol. The van der Waals surface area contributed by atoms with Gasteiger partial charge in [-0.2, -0.15) is 4.31 Å². The Balaban J connectivity index is 1.95. The summed E-state index contributed by atoms with van der Waals surface area (Å²) in [5.41, 5.74) is -0.0647. The van der Waals surface area contributed by atoms with Gasteiger partial charge in [0.15, 0.2) is 0 Å². The lowest BCUT2D eigenvalue weighted by Crippen LogP contribution is -2.40. The Morgan fingerprint density at radius 3 is 2.31 bits per heavy atom. The molecule has 0 saturated carbocycles. The Morgan fingerprint density at radius 1 is 1.03 bits per heavy atom. The van der Waals surface area contributed by atoms with Crippen LogP contribution in [0.4, 0.5) is 5.69 Å². The Labute approximate surface area is 202 Å². The van der Waals surface area contributed by atoms with Gasteiger partial charge in [0.05, 0.1) is 28.4 Å². The van der Waals surface area contributed by atoms with E-state index in [9.17, 15) is 18.0 Å². The number of ether oxygens (including phenoxy) is 1. The summed E-state index contributed by atoms with van der Waals surface area (Å²) in [6, 6.07) is 17.4. The Morgan fingerprint density at radius 2 is 1.71 bits per heavy atom. The average Bonchev–Trinajstić information content (AvgIpc) is 3.09. The van der Waals surface area contributed by atoms with Crippen LogP contribution in [0.5, 0.6) is 5.75 Å². The SMILES string of the molecule is CCOc1ccc(S(=O)(=O)N(C(=O)c2cccnc2)c2c(C)n(C)n(-c3ccccc3)c2=O)cc1. The molecule has 2 aromatic carbocycles. The summed E-state index contributed by atoms with van der Waals surface area (Å²) in [7, 11) is -2.86. The van der Waals surface area contributed by atoms with E-state index in [-0.39, 0.29) is 16.1 Å². The van der Waals surface area contributed by atoms with E-state index in [2.05, 4.69) is 4.98 Å². The van der Waals surface area contributed by atoms with Crippen LogP contribution in [0.3, 0.4) is 0 Å². The van der Waals surface area contributed by atoms with Crippen molar-refractivity contribution in [2.75, 3.05) is 10.9 Å². The summed E-state index contributed by atoms with van der Waals surface area (Å²) < 4.78 is 36.5. The zero-order valence-corrected chi connectivity index (χ0v) is 20.3. The van der Waals surface area contributed by atoms with Crippen LogP contribution in [0.2, 0.25) is 0 Å². The minimum atomic E-state index is -4.49. The molecule has 180 valence electrons. The fraction of sp³-hybridized carbons (Fsp3) is 0.160. The number of pyridine rings is 1. The molecule has 4 rings (SSSR count). The molecule has 35 heavy (non-hydrogen) atoms. The van der Waals surface area contributed by atoms with E-state index in [1.807, 2.05) is 6.92 Å². The van der Waals surface area contributed by atoms with E-state index >= 15 is 0 Å². The van der Waals surface area contributed by atoms with Crippen molar-refractivity contribution in [2.45, 2.75) is 18.7 Å². The van der Waals surface area contributed by atoms with Gasteiger partial charge in [0.2, 0.25) is 0 Å². The molecule has 1 amide bonds. The molecule has 0 radical (unpaired) electrons. The third-order valence-corrected chi connectivity index (χ3v) is 7.19. The minimum absolute atomic E-state index is 0.0240. The summed E-state index contributed by atoms with van der Waals surface area (Å²) in [6.07, 6.45) is 2.73. The van der Waals surface area contributed by atoms with E-state index in [0.717, 1.165) is 0 Å². The van der Waals surface area contributed by atoms with Crippen LogP contribution in [0.15, 0.2) is 88.8 Å². The van der Waals surface area contributed by atoms with Gasteiger partial charge in [-0.05, 0) is 62.4 Å². The number of aromatic nitrogens is 3. The molecule has 0 N–H and O–H groups in total. The quantitative estimate of drug-likeness (QED) is 0.392. The van der Waals surface area contributed by atoms with Gasteiger partial charge >= 0.3 is 0 Å². The molecule has 0 aliphatic rings. The van der Waals surface area contributed by atoms with E-state index in [1.54, 1.807) is 44.3 Å². The van der Waals surface area contributed by atoms with Gasteiger partial charge in [-0.3, -0.25) is 19.3 Å². The molecule has 0 bridgehead atoms. The third kappa shape index (κ3) is 4.35. The first-order valence-corrected chi connectivity index (χ1v) is 12.3. The summed E-state index contributed by atoms with van der Waals surface area (Å²) in [5.74, 6) is -0.406. The zero-order chi connectivity index (χ0) is 25.2. The molecule has 4 aromatic rings. The highest BCUT2D eigenvalue weighted by atomic mass is 32.2. The van der Waals surface area contributed by atoms with Crippen molar-refractivity contribution in [3.8, 4) is 11.4 Å². The van der Waals surface area contributed by atoms with Crippen molar-refractivity contribution in [1.29, 1.82) is 0 Å². The predicted octanol–water partition coefficient (Wildman–Crippen LogP) is 3.31. The molecule has 0 aliphatic carbocycles. The van der Waals surface area contributed by atoms with Crippen LogP contribution >= 0.6 is 0 Å². The largest absolute Gasteiger partial charge is 0.494 e. The van der Waals surface area contributed by atoms with E-state index < -0.39 is 21.5 Å². The summed E-state index contributed by atoms with van der Waals surface area (Å²) in [4.78, 5) is 31.1. The number of anilines is 1. The normalized spacial score (nSPS) is 11.3. The van der Waals surface area contributed by atoms with Gasteiger partial charge in [0, 0.05) is 19.4 Å². The first-order valence-electron chi connectivity index (χ1n) is 10.8. The summed E-state index contributed by atoms with van der Waals surface area (Å²) in [5, 5.41) is 0. The van der Waals surface area contributed by atoms with Crippen molar-refractivity contribution in [3.63, 3.8) is 0 Å². The van der Waals surface area contributed by atoms with Crippen LogP contribution in [0.25, 0.3) is 5.69 Å². The van der Waals surface area contributed by atoms with Crippen molar-refractivity contribution in [3.05, 3.63) is 101 Å². The van der Waals surface area contributed by atoms with Gasteiger partial charge in [-0.25, -0.2) is 13.1 Å². The molecule has 0 saturated heterocycles. The Kier molecular flexibility index (Phi) is 6.57. The maximum absolute atomic E-state index is 13.9. The molecule has 0 fully saturated rings. The molecular formula is C25H24N4O5S. The lowest BCUT2D eigenvalue weighted by Gasteiger charge is -2.21. The molecular weight excluding hydrogens is 468 g/mol. The second-order valence-corrected chi connectivity index (χ2v) is 9.42. The number of carbonyl (C=O) groups excluding carboxylic acids is 1. The van der Waals surface area contributed by atoms with Crippen LogP contribution in [0, 0.1) is 6.92 Å². The number of benzene rings is 2. The van der Waals surface area contributed by atoms with Gasteiger partial charge < -0.3 is 4.74 Å². The number of para-hydroxylation sites is 1. The maximum atomic E-state index is 13.9. The summed E-state index contributed by atoms with van der Waals surface area (Å²) in [6.45, 7) is 3.82. The average molecular weight is 493 g/mol. The van der Waals surface area contributed by atoms with Crippen LogP contribution in [0.1, 0.15) is 23.0 Å². The molecule has 2 heterocycles.